The second-order valence-electron chi connectivity index (χ2n) is 6.57. The first-order valence-electron chi connectivity index (χ1n) is 9.39. The Kier molecular flexibility index (Phi) is 5.50. The van der Waals surface area contributed by atoms with E-state index in [-0.39, 0.29) is 30.3 Å². The van der Waals surface area contributed by atoms with Crippen molar-refractivity contribution in [3.8, 4) is 0 Å². The van der Waals surface area contributed by atoms with E-state index in [0.717, 1.165) is 6.42 Å². The van der Waals surface area contributed by atoms with Gasteiger partial charge in [0.1, 0.15) is 12.2 Å². The summed E-state index contributed by atoms with van der Waals surface area (Å²) >= 11 is 0. The zero-order chi connectivity index (χ0) is 19.4. The van der Waals surface area contributed by atoms with Crippen molar-refractivity contribution in [1.29, 1.82) is 0 Å². The van der Waals surface area contributed by atoms with Gasteiger partial charge in [-0.2, -0.15) is 0 Å². The van der Waals surface area contributed by atoms with Gasteiger partial charge in [-0.3, -0.25) is 14.4 Å². The van der Waals surface area contributed by atoms with Crippen molar-refractivity contribution < 1.29 is 23.2 Å². The molecule has 1 aliphatic rings. The van der Waals surface area contributed by atoms with Crippen LogP contribution in [0.3, 0.4) is 0 Å². The zero-order valence-corrected chi connectivity index (χ0v) is 13.8. The molecule has 0 bridgehead atoms. The second-order valence-corrected chi connectivity index (χ2v) is 6.57. The van der Waals surface area contributed by atoms with Gasteiger partial charge < -0.3 is 10.1 Å². The summed E-state index contributed by atoms with van der Waals surface area (Å²) in [5.74, 6) is -1.85. The molecule has 1 saturated heterocycles. The number of carbonyl (C=O) groups is 3. The number of hydrogen-bond donors (Lipinski definition) is 1. The molecular weight excluding hydrogens is 282 g/mol. The molecule has 1 heterocycles. The Bertz CT molecular complexity index is 505. The van der Waals surface area contributed by atoms with Crippen molar-refractivity contribution >= 4 is 17.5 Å². The minimum Gasteiger partial charge on any atom is -0.356 e. The molecule has 4 atom stereocenters. The van der Waals surface area contributed by atoms with E-state index in [1.54, 1.807) is 6.92 Å². The van der Waals surface area contributed by atoms with Gasteiger partial charge in [0.25, 0.3) is 0 Å². The molecule has 1 rings (SSSR count). The van der Waals surface area contributed by atoms with Gasteiger partial charge >= 0.3 is 0 Å². The number of amides is 1. The molecule has 1 aliphatic heterocycles. The predicted molar refractivity (Wildman–Crippen MR) is 84.4 cm³/mol. The number of carbonyl (C=O) groups excluding carboxylic acids is 3. The normalized spacial score (nSPS) is 25.6. The first-order valence-corrected chi connectivity index (χ1v) is 7.89. The fraction of sp³-hybridized carbons (Fsp3) is 0.824. The smallest absolute Gasteiger partial charge is 0.223 e. The van der Waals surface area contributed by atoms with Crippen molar-refractivity contribution in [2.24, 2.45) is 17.8 Å². The third-order valence-electron chi connectivity index (χ3n) is 3.69. The zero-order valence-electron chi connectivity index (χ0n) is 16.8. The molecule has 1 unspecified atom stereocenters. The largest absolute Gasteiger partial charge is 0.356 e. The Balaban J connectivity index is 2.68. The van der Waals surface area contributed by atoms with Crippen LogP contribution in [0.1, 0.15) is 57.9 Å². The Labute approximate surface area is 137 Å². The highest BCUT2D eigenvalue weighted by molar-refractivity contribution is 5.97. The van der Waals surface area contributed by atoms with Gasteiger partial charge in [0.2, 0.25) is 5.91 Å². The molecule has 0 aliphatic carbocycles. The minimum absolute atomic E-state index is 0.0905. The highest BCUT2D eigenvalue weighted by Crippen LogP contribution is 2.27. The van der Waals surface area contributed by atoms with Crippen molar-refractivity contribution in [3.63, 3.8) is 0 Å². The molecular formula is C17H29NO4. The van der Waals surface area contributed by atoms with Crippen LogP contribution in [-0.2, 0) is 19.1 Å². The maximum absolute atomic E-state index is 12.4. The maximum atomic E-state index is 12.4. The van der Waals surface area contributed by atoms with Crippen LogP contribution >= 0.6 is 0 Å². The van der Waals surface area contributed by atoms with Gasteiger partial charge in [0.15, 0.2) is 11.6 Å². The van der Waals surface area contributed by atoms with Crippen molar-refractivity contribution in [1.82, 2.24) is 5.32 Å². The topological polar surface area (TPSA) is 75.8 Å². The van der Waals surface area contributed by atoms with Crippen molar-refractivity contribution in [3.05, 3.63) is 0 Å². The molecule has 1 N–H and O–H groups in total. The maximum Gasteiger partial charge on any atom is 0.223 e. The summed E-state index contributed by atoms with van der Waals surface area (Å²) in [6, 6.07) is 0. The number of hydrogen-bond acceptors (Lipinski definition) is 4. The third-order valence-corrected chi connectivity index (χ3v) is 3.69. The summed E-state index contributed by atoms with van der Waals surface area (Å²) in [6.45, 7) is 5.28. The molecule has 1 amide bonds. The van der Waals surface area contributed by atoms with E-state index in [1.807, 2.05) is 13.8 Å². The average Bonchev–Trinajstić information content (AvgIpc) is 3.25. The minimum atomic E-state index is -2.18. The third kappa shape index (κ3) is 6.26. The molecule has 5 nitrogen and oxygen atoms in total. The lowest BCUT2D eigenvalue weighted by Crippen LogP contribution is -2.34. The van der Waals surface area contributed by atoms with E-state index >= 15 is 0 Å². The van der Waals surface area contributed by atoms with E-state index in [1.165, 1.54) is 6.92 Å². The number of epoxide rings is 1. The van der Waals surface area contributed by atoms with Crippen LogP contribution in [0.15, 0.2) is 0 Å². The Hall–Kier alpha value is -1.23. The van der Waals surface area contributed by atoms with Gasteiger partial charge in [0.05, 0.1) is 0 Å². The van der Waals surface area contributed by atoms with Gasteiger partial charge in [-0.05, 0) is 31.6 Å². The number of ketones is 2. The average molecular weight is 314 g/mol. The summed E-state index contributed by atoms with van der Waals surface area (Å²) in [5.41, 5.74) is 0. The van der Waals surface area contributed by atoms with E-state index in [0.29, 0.717) is 12.5 Å². The summed E-state index contributed by atoms with van der Waals surface area (Å²) in [4.78, 5) is 35.9. The summed E-state index contributed by atoms with van der Waals surface area (Å²) in [6.07, 6.45) is -0.710. The van der Waals surface area contributed by atoms with E-state index in [2.05, 4.69) is 5.32 Å². The second kappa shape index (κ2) is 8.42. The van der Waals surface area contributed by atoms with Gasteiger partial charge in [0, 0.05) is 23.0 Å². The molecule has 126 valence electrons. The van der Waals surface area contributed by atoms with E-state index in [9.17, 15) is 14.4 Å². The Morgan fingerprint density at radius 3 is 2.36 bits per heavy atom. The van der Waals surface area contributed by atoms with Gasteiger partial charge in [-0.15, -0.1) is 0 Å². The van der Waals surface area contributed by atoms with Crippen LogP contribution in [0, 0.1) is 17.8 Å². The standard InChI is InChI=1S/C17H29NO4/c1-10(2)6-7-18-17(21)13(8-11(3)4)9-14(20)16-15(22-16)12(5)19/h10-11,13,15-16H,6-9H2,1-5H3,(H,18,21)/t13-,15-,16-/m1/s1/i3D3/t11?,13-,15-,16-. The molecule has 0 radical (unpaired) electrons. The summed E-state index contributed by atoms with van der Waals surface area (Å²) in [5, 5.41) is 2.79. The lowest BCUT2D eigenvalue weighted by Gasteiger charge is -2.18. The molecule has 5 heteroatoms. The van der Waals surface area contributed by atoms with Crippen LogP contribution in [0.5, 0.6) is 0 Å². The number of nitrogens with one attached hydrogen (secondary N) is 1. The molecule has 0 aromatic heterocycles. The monoisotopic (exact) mass is 314 g/mol. The van der Waals surface area contributed by atoms with E-state index < -0.39 is 30.9 Å². The molecule has 0 aromatic carbocycles. The van der Waals surface area contributed by atoms with Crippen LogP contribution < -0.4 is 5.32 Å². The van der Waals surface area contributed by atoms with Crippen molar-refractivity contribution in [2.45, 2.75) is 66.0 Å². The van der Waals surface area contributed by atoms with E-state index in [4.69, 9.17) is 8.85 Å². The first-order chi connectivity index (χ1) is 11.4. The highest BCUT2D eigenvalue weighted by atomic mass is 16.6. The fourth-order valence-corrected chi connectivity index (χ4v) is 2.36. The highest BCUT2D eigenvalue weighted by Gasteiger charge is 2.48. The molecule has 0 saturated carbocycles. The molecule has 0 spiro atoms. The van der Waals surface area contributed by atoms with Crippen LogP contribution in [0.2, 0.25) is 0 Å². The molecule has 1 fully saturated rings. The summed E-state index contributed by atoms with van der Waals surface area (Å²) in [7, 11) is 0. The first kappa shape index (κ1) is 14.4. The van der Waals surface area contributed by atoms with Gasteiger partial charge in [-0.1, -0.05) is 27.6 Å². The predicted octanol–water partition coefficient (Wildman–Crippen LogP) is 2.13. The molecule has 22 heavy (non-hydrogen) atoms. The quantitative estimate of drug-likeness (QED) is 0.627. The Morgan fingerprint density at radius 2 is 1.86 bits per heavy atom. The van der Waals surface area contributed by atoms with Crippen LogP contribution in [-0.4, -0.2) is 36.2 Å². The lowest BCUT2D eigenvalue weighted by molar-refractivity contribution is -0.130. The number of ether oxygens (including phenoxy) is 1. The Morgan fingerprint density at radius 1 is 1.18 bits per heavy atom. The fourth-order valence-electron chi connectivity index (χ4n) is 2.36. The van der Waals surface area contributed by atoms with Crippen LogP contribution in [0.25, 0.3) is 0 Å². The van der Waals surface area contributed by atoms with Crippen molar-refractivity contribution in [2.75, 3.05) is 6.54 Å². The number of rotatable bonds is 10. The van der Waals surface area contributed by atoms with Crippen LogP contribution in [0.4, 0.5) is 0 Å². The van der Waals surface area contributed by atoms with Gasteiger partial charge in [-0.25, -0.2) is 0 Å². The molecule has 0 aromatic rings. The lowest BCUT2D eigenvalue weighted by atomic mass is 9.90. The number of Topliss-reactive ketones (excluding diaryl/α,β-unsaturated/α-hetero) is 2. The SMILES string of the molecule is [2H]C([2H])([2H])C(C)C[C@H](CC(=O)[C@H]1O[C@@H]1C(C)=O)C(=O)NCCC(C)C. The summed E-state index contributed by atoms with van der Waals surface area (Å²) < 4.78 is 27.5.